The highest BCUT2D eigenvalue weighted by Crippen LogP contribution is 2.16. The van der Waals surface area contributed by atoms with Crippen LogP contribution in [-0.4, -0.2) is 59.5 Å². The number of hydrogen-bond donors (Lipinski definition) is 1. The molecule has 9 nitrogen and oxygen atoms in total. The van der Waals surface area contributed by atoms with E-state index in [2.05, 4.69) is 10.3 Å². The van der Waals surface area contributed by atoms with Crippen LogP contribution in [0.2, 0.25) is 0 Å². The van der Waals surface area contributed by atoms with E-state index in [0.717, 1.165) is 37.9 Å². The van der Waals surface area contributed by atoms with E-state index in [1.807, 2.05) is 0 Å². The van der Waals surface area contributed by atoms with Crippen LogP contribution in [0.4, 0.5) is 0 Å². The molecule has 1 N–H and O–H groups in total. The molecule has 2 aromatic rings. The molecule has 0 aliphatic carbocycles. The number of aromatic nitrogens is 2. The van der Waals surface area contributed by atoms with Gasteiger partial charge >= 0.3 is 5.97 Å². The first-order chi connectivity index (χ1) is 14.4. The minimum atomic E-state index is -0.695. The maximum Gasteiger partial charge on any atom is 0.338 e. The first kappa shape index (κ1) is 21.5. The molecule has 30 heavy (non-hydrogen) atoms. The van der Waals surface area contributed by atoms with E-state index >= 15 is 0 Å². The molecular weight excluding hydrogens is 388 g/mol. The maximum absolute atomic E-state index is 12.8. The topological polar surface area (TPSA) is 111 Å². The Balaban J connectivity index is 1.71. The third-order valence-corrected chi connectivity index (χ3v) is 5.07. The zero-order chi connectivity index (χ0) is 21.7. The number of esters is 1. The van der Waals surface area contributed by atoms with Crippen molar-refractivity contribution in [3.63, 3.8) is 0 Å². The van der Waals surface area contributed by atoms with Crippen LogP contribution in [0.15, 0.2) is 23.0 Å². The highest BCUT2D eigenvalue weighted by Gasteiger charge is 2.16. The number of likely N-dealkylation sites (N-methyl/N-ethyl adjacent to an activating group) is 1. The largest absolute Gasteiger partial charge is 0.452 e. The minimum absolute atomic E-state index is 0.0956. The quantitative estimate of drug-likeness (QED) is 0.727. The second kappa shape index (κ2) is 9.51. The van der Waals surface area contributed by atoms with Gasteiger partial charge in [0.1, 0.15) is 5.82 Å². The Hall–Kier alpha value is -3.23. The predicted octanol–water partition coefficient (Wildman–Crippen LogP) is 0.874. The third kappa shape index (κ3) is 5.03. The lowest BCUT2D eigenvalue weighted by molar-refractivity contribution is -0.131. The zero-order valence-electron chi connectivity index (χ0n) is 17.3. The highest BCUT2D eigenvalue weighted by atomic mass is 16.5. The normalized spacial score (nSPS) is 13.7. The van der Waals surface area contributed by atoms with E-state index in [-0.39, 0.29) is 23.6 Å². The summed E-state index contributed by atoms with van der Waals surface area (Å²) in [6.07, 6.45) is 4.87. The Kier molecular flexibility index (Phi) is 6.81. The van der Waals surface area contributed by atoms with Gasteiger partial charge in [0.2, 0.25) is 5.91 Å². The van der Waals surface area contributed by atoms with Crippen LogP contribution in [0.1, 0.15) is 41.9 Å². The molecule has 2 heterocycles. The summed E-state index contributed by atoms with van der Waals surface area (Å²) in [6.45, 7) is -0.0114. The van der Waals surface area contributed by atoms with Gasteiger partial charge < -0.3 is 15.0 Å². The lowest BCUT2D eigenvalue weighted by atomic mass is 10.1. The van der Waals surface area contributed by atoms with Crippen LogP contribution < -0.4 is 10.9 Å². The first-order valence-electron chi connectivity index (χ1n) is 10.0. The lowest BCUT2D eigenvalue weighted by Crippen LogP contribution is -2.38. The lowest BCUT2D eigenvalue weighted by Gasteiger charge is -2.16. The molecule has 0 atom stereocenters. The first-order valence-corrected chi connectivity index (χ1v) is 10.0. The van der Waals surface area contributed by atoms with Crippen LogP contribution >= 0.6 is 0 Å². The fourth-order valence-corrected chi connectivity index (χ4v) is 3.32. The van der Waals surface area contributed by atoms with Gasteiger partial charge in [-0.2, -0.15) is 0 Å². The summed E-state index contributed by atoms with van der Waals surface area (Å²) >= 11 is 0. The van der Waals surface area contributed by atoms with Gasteiger partial charge in [-0.3, -0.25) is 19.0 Å². The van der Waals surface area contributed by atoms with Gasteiger partial charge in [-0.05, 0) is 31.0 Å². The summed E-state index contributed by atoms with van der Waals surface area (Å²) in [4.78, 5) is 54.4. The van der Waals surface area contributed by atoms with Crippen molar-refractivity contribution in [1.82, 2.24) is 19.8 Å². The Morgan fingerprint density at radius 2 is 1.93 bits per heavy atom. The number of fused-ring (bicyclic) bond motifs is 2. The van der Waals surface area contributed by atoms with Gasteiger partial charge in [0, 0.05) is 27.1 Å². The summed E-state index contributed by atoms with van der Waals surface area (Å²) in [6, 6.07) is 4.59. The second-order valence-corrected chi connectivity index (χ2v) is 7.52. The van der Waals surface area contributed by atoms with Crippen LogP contribution in [0.5, 0.6) is 0 Å². The van der Waals surface area contributed by atoms with Crippen LogP contribution in [0, 0.1) is 0 Å². The number of benzene rings is 1. The van der Waals surface area contributed by atoms with Crippen LogP contribution in [-0.2, 0) is 27.3 Å². The minimum Gasteiger partial charge on any atom is -0.452 e. The van der Waals surface area contributed by atoms with Crippen molar-refractivity contribution in [2.24, 2.45) is 0 Å². The predicted molar refractivity (Wildman–Crippen MR) is 110 cm³/mol. The summed E-state index contributed by atoms with van der Waals surface area (Å²) in [7, 11) is 3.16. The molecular formula is C21H26N4O5. The molecule has 160 valence electrons. The molecule has 0 fully saturated rings. The van der Waals surface area contributed by atoms with Gasteiger partial charge in [-0.25, -0.2) is 9.78 Å². The molecule has 3 rings (SSSR count). The van der Waals surface area contributed by atoms with E-state index < -0.39 is 18.5 Å². The molecule has 0 bridgehead atoms. The van der Waals surface area contributed by atoms with Crippen molar-refractivity contribution in [2.75, 3.05) is 27.2 Å². The SMILES string of the molecule is CN(C)C(=O)CNC(=O)COC(=O)c1ccc2c(=O)n3c(nc2c1)CCCCCC3. The van der Waals surface area contributed by atoms with Gasteiger partial charge in [0.15, 0.2) is 6.61 Å². The Labute approximate surface area is 174 Å². The van der Waals surface area contributed by atoms with Crippen molar-refractivity contribution >= 4 is 28.7 Å². The van der Waals surface area contributed by atoms with Crippen molar-refractivity contribution in [1.29, 1.82) is 0 Å². The van der Waals surface area contributed by atoms with Crippen molar-refractivity contribution < 1.29 is 19.1 Å². The average molecular weight is 414 g/mol. The number of rotatable bonds is 5. The monoisotopic (exact) mass is 414 g/mol. The Morgan fingerprint density at radius 1 is 1.17 bits per heavy atom. The van der Waals surface area contributed by atoms with E-state index in [9.17, 15) is 19.2 Å². The fraction of sp³-hybridized carbons (Fsp3) is 0.476. The Morgan fingerprint density at radius 3 is 2.70 bits per heavy atom. The summed E-state index contributed by atoms with van der Waals surface area (Å²) < 4.78 is 6.76. The van der Waals surface area contributed by atoms with Gasteiger partial charge in [0.05, 0.1) is 23.0 Å². The van der Waals surface area contributed by atoms with E-state index in [4.69, 9.17) is 4.74 Å². The molecule has 9 heteroatoms. The number of carbonyl (C=O) groups is 3. The van der Waals surface area contributed by atoms with Gasteiger partial charge in [-0.1, -0.05) is 12.8 Å². The molecule has 2 amide bonds. The van der Waals surface area contributed by atoms with Crippen molar-refractivity contribution in [2.45, 2.75) is 38.6 Å². The van der Waals surface area contributed by atoms with E-state index in [1.165, 1.54) is 17.0 Å². The zero-order valence-corrected chi connectivity index (χ0v) is 17.3. The molecule has 1 aromatic carbocycles. The number of ether oxygens (including phenoxy) is 1. The number of carbonyl (C=O) groups excluding carboxylic acids is 3. The number of aryl methyl sites for hydroxylation is 1. The maximum atomic E-state index is 12.8. The smallest absolute Gasteiger partial charge is 0.338 e. The summed E-state index contributed by atoms with van der Waals surface area (Å²) in [5.74, 6) is -0.796. The van der Waals surface area contributed by atoms with E-state index in [1.54, 1.807) is 24.7 Å². The molecule has 0 unspecified atom stereocenters. The molecule has 0 saturated carbocycles. The molecule has 0 radical (unpaired) electrons. The van der Waals surface area contributed by atoms with Crippen molar-refractivity contribution in [3.05, 3.63) is 39.9 Å². The summed E-state index contributed by atoms with van der Waals surface area (Å²) in [5, 5.41) is 2.84. The number of nitrogens with zero attached hydrogens (tertiary/aromatic N) is 3. The second-order valence-electron chi connectivity index (χ2n) is 7.52. The Bertz CT molecular complexity index is 1030. The standard InChI is InChI=1S/C21H26N4O5/c1-24(2)19(27)12-22-18(26)13-30-21(29)14-8-9-15-16(11-14)23-17-7-5-3-4-6-10-25(17)20(15)28/h8-9,11H,3-7,10,12-13H2,1-2H3,(H,22,26). The highest BCUT2D eigenvalue weighted by molar-refractivity contribution is 5.95. The van der Waals surface area contributed by atoms with Gasteiger partial charge in [-0.15, -0.1) is 0 Å². The number of hydrogen-bond acceptors (Lipinski definition) is 6. The van der Waals surface area contributed by atoms with Crippen LogP contribution in [0.25, 0.3) is 10.9 Å². The summed E-state index contributed by atoms with van der Waals surface area (Å²) in [5.41, 5.74) is 0.562. The third-order valence-electron chi connectivity index (χ3n) is 5.07. The number of amides is 2. The fourth-order valence-electron chi connectivity index (χ4n) is 3.32. The van der Waals surface area contributed by atoms with Crippen molar-refractivity contribution in [3.8, 4) is 0 Å². The number of nitrogens with one attached hydrogen (secondary N) is 1. The molecule has 0 spiro atoms. The van der Waals surface area contributed by atoms with Crippen LogP contribution in [0.3, 0.4) is 0 Å². The average Bonchev–Trinajstić information content (AvgIpc) is 2.71. The molecule has 1 aliphatic heterocycles. The van der Waals surface area contributed by atoms with E-state index in [0.29, 0.717) is 17.4 Å². The van der Waals surface area contributed by atoms with Gasteiger partial charge in [0.25, 0.3) is 11.5 Å². The molecule has 1 aliphatic rings. The molecule has 0 saturated heterocycles. The molecule has 1 aromatic heterocycles.